The fourth-order valence-electron chi connectivity index (χ4n) is 3.86. The topological polar surface area (TPSA) is 42.0 Å². The summed E-state index contributed by atoms with van der Waals surface area (Å²) in [6.45, 7) is 3.05. The molecule has 0 radical (unpaired) electrons. The lowest BCUT2D eigenvalue weighted by molar-refractivity contribution is -0.126. The number of hydrogen-bond acceptors (Lipinski definition) is 4. The summed E-state index contributed by atoms with van der Waals surface area (Å²) in [6.07, 6.45) is 3.58. The largest absolute Gasteiger partial charge is 0.497 e. The Balaban J connectivity index is 1.41. The molecule has 0 bridgehead atoms. The lowest BCUT2D eigenvalue weighted by Gasteiger charge is -2.35. The number of nitrogens with zero attached hydrogens (tertiary/aromatic N) is 2. The normalized spacial score (nSPS) is 14.3. The van der Waals surface area contributed by atoms with Crippen LogP contribution >= 0.6 is 0 Å². The Morgan fingerprint density at radius 2 is 1.53 bits per heavy atom. The molecule has 0 aromatic heterocycles. The maximum Gasteiger partial charge on any atom is 0.246 e. The van der Waals surface area contributed by atoms with Gasteiger partial charge in [-0.05, 0) is 47.4 Å². The van der Waals surface area contributed by atoms with Gasteiger partial charge in [0.05, 0.1) is 14.2 Å². The lowest BCUT2D eigenvalue weighted by atomic mass is 10.0. The molecule has 1 aliphatic heterocycles. The summed E-state index contributed by atoms with van der Waals surface area (Å²) in [5, 5.41) is 2.12. The van der Waals surface area contributed by atoms with Crippen LogP contribution in [0.15, 0.2) is 66.7 Å². The molecule has 0 spiro atoms. The van der Waals surface area contributed by atoms with Crippen molar-refractivity contribution in [2.24, 2.45) is 0 Å². The number of benzene rings is 3. The van der Waals surface area contributed by atoms with Gasteiger partial charge in [0, 0.05) is 43.3 Å². The van der Waals surface area contributed by atoms with Gasteiger partial charge in [-0.25, -0.2) is 0 Å². The molecule has 154 valence electrons. The van der Waals surface area contributed by atoms with Crippen LogP contribution in [0.25, 0.3) is 16.8 Å². The van der Waals surface area contributed by atoms with E-state index in [2.05, 4.69) is 23.1 Å². The summed E-state index contributed by atoms with van der Waals surface area (Å²) in [4.78, 5) is 16.9. The monoisotopic (exact) mass is 402 g/mol. The molecular formula is C25H26N2O3. The summed E-state index contributed by atoms with van der Waals surface area (Å²) in [5.74, 6) is 1.73. The molecule has 0 saturated carbocycles. The molecule has 0 aliphatic carbocycles. The van der Waals surface area contributed by atoms with Gasteiger partial charge in [-0.3, -0.25) is 4.79 Å². The van der Waals surface area contributed by atoms with Crippen LogP contribution in [-0.4, -0.2) is 51.2 Å². The van der Waals surface area contributed by atoms with Crippen LogP contribution in [-0.2, 0) is 4.79 Å². The zero-order valence-corrected chi connectivity index (χ0v) is 17.4. The second kappa shape index (κ2) is 8.91. The molecule has 3 aromatic carbocycles. The maximum absolute atomic E-state index is 12.7. The van der Waals surface area contributed by atoms with E-state index in [1.54, 1.807) is 20.3 Å². The first kappa shape index (κ1) is 19.8. The average molecular weight is 402 g/mol. The third-order valence-corrected chi connectivity index (χ3v) is 5.57. The quantitative estimate of drug-likeness (QED) is 0.600. The number of amides is 1. The molecule has 1 amide bonds. The molecule has 5 nitrogen and oxygen atoms in total. The number of piperazine rings is 1. The van der Waals surface area contributed by atoms with Crippen molar-refractivity contribution in [1.29, 1.82) is 0 Å². The number of anilines is 1. The van der Waals surface area contributed by atoms with E-state index in [4.69, 9.17) is 9.47 Å². The van der Waals surface area contributed by atoms with E-state index in [1.165, 1.54) is 0 Å². The van der Waals surface area contributed by atoms with E-state index in [-0.39, 0.29) is 5.91 Å². The van der Waals surface area contributed by atoms with Crippen LogP contribution in [0, 0.1) is 0 Å². The molecule has 5 heteroatoms. The molecular weight excluding hydrogens is 376 g/mol. The van der Waals surface area contributed by atoms with E-state index < -0.39 is 0 Å². The second-order valence-corrected chi connectivity index (χ2v) is 7.25. The standard InChI is InChI=1S/C25H26N2O3/c1-29-21-11-9-20(10-12-21)26-15-17-27(18-16-26)25(28)14-8-19-7-13-24(30-2)23-6-4-3-5-22(19)23/h3-14H,15-18H2,1-2H3/b14-8+. The smallest absolute Gasteiger partial charge is 0.246 e. The van der Waals surface area contributed by atoms with Crippen molar-refractivity contribution in [2.45, 2.75) is 0 Å². The number of carbonyl (C=O) groups is 1. The van der Waals surface area contributed by atoms with E-state index in [0.29, 0.717) is 13.1 Å². The molecule has 1 aliphatic rings. The van der Waals surface area contributed by atoms with Gasteiger partial charge in [0.25, 0.3) is 0 Å². The Morgan fingerprint density at radius 3 is 2.20 bits per heavy atom. The van der Waals surface area contributed by atoms with Gasteiger partial charge >= 0.3 is 0 Å². The summed E-state index contributed by atoms with van der Waals surface area (Å²) in [5.41, 5.74) is 2.17. The van der Waals surface area contributed by atoms with Crippen LogP contribution in [0.5, 0.6) is 11.5 Å². The summed E-state index contributed by atoms with van der Waals surface area (Å²) in [6, 6.07) is 20.1. The number of carbonyl (C=O) groups excluding carboxylic acids is 1. The maximum atomic E-state index is 12.7. The van der Waals surface area contributed by atoms with Gasteiger partial charge in [0.15, 0.2) is 0 Å². The third-order valence-electron chi connectivity index (χ3n) is 5.57. The number of rotatable bonds is 5. The third kappa shape index (κ3) is 4.10. The molecule has 3 aromatic rings. The predicted octanol–water partition coefficient (Wildman–Crippen LogP) is 4.22. The lowest BCUT2D eigenvalue weighted by Crippen LogP contribution is -2.48. The molecule has 1 heterocycles. The molecule has 0 unspecified atom stereocenters. The number of fused-ring (bicyclic) bond motifs is 1. The van der Waals surface area contributed by atoms with Gasteiger partial charge in [-0.2, -0.15) is 0 Å². The van der Waals surface area contributed by atoms with Gasteiger partial charge in [0.2, 0.25) is 5.91 Å². The Morgan fingerprint density at radius 1 is 0.833 bits per heavy atom. The Bertz CT molecular complexity index is 1050. The fourth-order valence-corrected chi connectivity index (χ4v) is 3.86. The fraction of sp³-hybridized carbons (Fsp3) is 0.240. The second-order valence-electron chi connectivity index (χ2n) is 7.25. The van der Waals surface area contributed by atoms with E-state index in [9.17, 15) is 4.79 Å². The Labute approximate surface area is 177 Å². The first-order valence-electron chi connectivity index (χ1n) is 10.1. The van der Waals surface area contributed by atoms with Crippen LogP contribution in [0.2, 0.25) is 0 Å². The zero-order valence-electron chi connectivity index (χ0n) is 17.4. The van der Waals surface area contributed by atoms with Crippen molar-refractivity contribution in [2.75, 3.05) is 45.3 Å². The van der Waals surface area contributed by atoms with Gasteiger partial charge in [0.1, 0.15) is 11.5 Å². The SMILES string of the molecule is COc1ccc(N2CCN(C(=O)/C=C/c3ccc(OC)c4ccccc34)CC2)cc1. The number of hydrogen-bond donors (Lipinski definition) is 0. The molecule has 30 heavy (non-hydrogen) atoms. The Hall–Kier alpha value is -3.47. The average Bonchev–Trinajstić information content (AvgIpc) is 2.82. The highest BCUT2D eigenvalue weighted by Crippen LogP contribution is 2.29. The summed E-state index contributed by atoms with van der Waals surface area (Å²) < 4.78 is 10.7. The van der Waals surface area contributed by atoms with Crippen molar-refractivity contribution in [1.82, 2.24) is 4.90 Å². The Kier molecular flexibility index (Phi) is 5.89. The predicted molar refractivity (Wildman–Crippen MR) is 121 cm³/mol. The highest BCUT2D eigenvalue weighted by Gasteiger charge is 2.20. The van der Waals surface area contributed by atoms with Crippen LogP contribution < -0.4 is 14.4 Å². The van der Waals surface area contributed by atoms with Crippen LogP contribution in [0.4, 0.5) is 5.69 Å². The minimum atomic E-state index is 0.0456. The highest BCUT2D eigenvalue weighted by atomic mass is 16.5. The number of ether oxygens (including phenoxy) is 2. The van der Waals surface area contributed by atoms with Crippen molar-refractivity contribution < 1.29 is 14.3 Å². The zero-order chi connectivity index (χ0) is 20.9. The van der Waals surface area contributed by atoms with Crippen LogP contribution in [0.1, 0.15) is 5.56 Å². The first-order valence-corrected chi connectivity index (χ1v) is 10.1. The summed E-state index contributed by atoms with van der Waals surface area (Å²) in [7, 11) is 3.34. The van der Waals surface area contributed by atoms with E-state index >= 15 is 0 Å². The van der Waals surface area contributed by atoms with Crippen LogP contribution in [0.3, 0.4) is 0 Å². The highest BCUT2D eigenvalue weighted by molar-refractivity contribution is 5.98. The molecule has 1 fully saturated rings. The number of methoxy groups -OCH3 is 2. The van der Waals surface area contributed by atoms with Crippen molar-refractivity contribution in [3.8, 4) is 11.5 Å². The van der Waals surface area contributed by atoms with E-state index in [0.717, 1.165) is 46.6 Å². The molecule has 0 N–H and O–H groups in total. The molecule has 1 saturated heterocycles. The minimum Gasteiger partial charge on any atom is -0.497 e. The van der Waals surface area contributed by atoms with Gasteiger partial charge in [-0.1, -0.05) is 30.3 Å². The van der Waals surface area contributed by atoms with E-state index in [1.807, 2.05) is 53.4 Å². The first-order chi connectivity index (χ1) is 14.7. The van der Waals surface area contributed by atoms with Gasteiger partial charge in [-0.15, -0.1) is 0 Å². The minimum absolute atomic E-state index is 0.0456. The van der Waals surface area contributed by atoms with Crippen molar-refractivity contribution in [3.05, 3.63) is 72.3 Å². The van der Waals surface area contributed by atoms with Crippen molar-refractivity contribution >= 4 is 28.4 Å². The summed E-state index contributed by atoms with van der Waals surface area (Å²) >= 11 is 0. The molecule has 0 atom stereocenters. The van der Waals surface area contributed by atoms with Crippen molar-refractivity contribution in [3.63, 3.8) is 0 Å². The van der Waals surface area contributed by atoms with Gasteiger partial charge < -0.3 is 19.3 Å². The molecule has 4 rings (SSSR count).